The molecule has 0 heterocycles. The standard InChI is InChI=1S/C24H21FN4O4/c1-16-5-9-19(10-6-16)27-22(30)15-33-21-4-2-3-17(13-21)14-26-29-24(32)23(31)28-20-11-7-18(25)8-12-20/h2-14H,15H2,1H3,(H,27,30)(H,28,31)(H,29,32)/b26-14-. The minimum Gasteiger partial charge on any atom is -0.484 e. The number of ether oxygens (including phenoxy) is 1. The van der Waals surface area contributed by atoms with E-state index < -0.39 is 17.6 Å². The number of hydrogen-bond acceptors (Lipinski definition) is 5. The van der Waals surface area contributed by atoms with Crippen molar-refractivity contribution in [3.05, 3.63) is 89.7 Å². The predicted molar refractivity (Wildman–Crippen MR) is 123 cm³/mol. The number of carbonyl (C=O) groups is 3. The van der Waals surface area contributed by atoms with E-state index in [0.29, 0.717) is 17.0 Å². The largest absolute Gasteiger partial charge is 0.484 e. The highest BCUT2D eigenvalue weighted by Crippen LogP contribution is 2.13. The molecule has 0 atom stereocenters. The van der Waals surface area contributed by atoms with Crippen LogP contribution in [0, 0.1) is 12.7 Å². The number of aryl methyl sites for hydroxylation is 1. The van der Waals surface area contributed by atoms with E-state index in [0.717, 1.165) is 17.7 Å². The second kappa shape index (κ2) is 11.2. The van der Waals surface area contributed by atoms with Gasteiger partial charge in [0.25, 0.3) is 5.91 Å². The highest BCUT2D eigenvalue weighted by Gasteiger charge is 2.12. The fourth-order valence-electron chi connectivity index (χ4n) is 2.60. The fourth-order valence-corrected chi connectivity index (χ4v) is 2.60. The van der Waals surface area contributed by atoms with Crippen LogP contribution in [0.5, 0.6) is 5.75 Å². The van der Waals surface area contributed by atoms with E-state index in [1.807, 2.05) is 19.1 Å². The van der Waals surface area contributed by atoms with Gasteiger partial charge < -0.3 is 15.4 Å². The van der Waals surface area contributed by atoms with Crippen molar-refractivity contribution >= 4 is 35.3 Å². The predicted octanol–water partition coefficient (Wildman–Crippen LogP) is 3.24. The molecule has 0 radical (unpaired) electrons. The molecule has 0 aliphatic heterocycles. The molecular weight excluding hydrogens is 427 g/mol. The summed E-state index contributed by atoms with van der Waals surface area (Å²) in [5.41, 5.74) is 4.72. The number of rotatable bonds is 7. The quantitative estimate of drug-likeness (QED) is 0.293. The van der Waals surface area contributed by atoms with E-state index in [4.69, 9.17) is 4.74 Å². The first-order valence-corrected chi connectivity index (χ1v) is 9.88. The summed E-state index contributed by atoms with van der Waals surface area (Å²) in [7, 11) is 0. The maximum Gasteiger partial charge on any atom is 0.329 e. The van der Waals surface area contributed by atoms with E-state index in [2.05, 4.69) is 21.2 Å². The van der Waals surface area contributed by atoms with Gasteiger partial charge in [0.05, 0.1) is 6.21 Å². The Morgan fingerprint density at radius 3 is 2.30 bits per heavy atom. The van der Waals surface area contributed by atoms with Gasteiger partial charge in [0.2, 0.25) is 0 Å². The fraction of sp³-hybridized carbons (Fsp3) is 0.0833. The Bertz CT molecular complexity index is 1160. The average molecular weight is 448 g/mol. The Morgan fingerprint density at radius 2 is 1.58 bits per heavy atom. The van der Waals surface area contributed by atoms with Gasteiger partial charge in [-0.2, -0.15) is 5.10 Å². The van der Waals surface area contributed by atoms with E-state index in [9.17, 15) is 18.8 Å². The Hall–Kier alpha value is -4.53. The third-order valence-corrected chi connectivity index (χ3v) is 4.25. The molecule has 3 aromatic rings. The summed E-state index contributed by atoms with van der Waals surface area (Å²) >= 11 is 0. The highest BCUT2D eigenvalue weighted by molar-refractivity contribution is 6.39. The number of hydrazone groups is 1. The summed E-state index contributed by atoms with van der Waals surface area (Å²) in [6, 6.07) is 19.1. The molecule has 3 amide bonds. The van der Waals surface area contributed by atoms with Crippen molar-refractivity contribution in [1.29, 1.82) is 0 Å². The molecule has 0 aromatic heterocycles. The van der Waals surface area contributed by atoms with Gasteiger partial charge in [-0.05, 0) is 61.0 Å². The molecule has 0 bridgehead atoms. The maximum atomic E-state index is 12.9. The minimum absolute atomic E-state index is 0.186. The van der Waals surface area contributed by atoms with Crippen LogP contribution in [0.2, 0.25) is 0 Å². The van der Waals surface area contributed by atoms with Crippen molar-refractivity contribution in [3.63, 3.8) is 0 Å². The zero-order valence-electron chi connectivity index (χ0n) is 17.7. The Kier molecular flexibility index (Phi) is 7.85. The summed E-state index contributed by atoms with van der Waals surface area (Å²) < 4.78 is 18.4. The number of anilines is 2. The summed E-state index contributed by atoms with van der Waals surface area (Å²) in [6.07, 6.45) is 1.32. The molecule has 33 heavy (non-hydrogen) atoms. The number of hydrogen-bond donors (Lipinski definition) is 3. The summed E-state index contributed by atoms with van der Waals surface area (Å²) in [4.78, 5) is 35.7. The lowest BCUT2D eigenvalue weighted by atomic mass is 10.2. The van der Waals surface area contributed by atoms with Crippen LogP contribution in [0.25, 0.3) is 0 Å². The van der Waals surface area contributed by atoms with Crippen LogP contribution in [-0.4, -0.2) is 30.5 Å². The lowest BCUT2D eigenvalue weighted by Gasteiger charge is -2.08. The lowest BCUT2D eigenvalue weighted by Crippen LogP contribution is -2.32. The topological polar surface area (TPSA) is 109 Å². The third-order valence-electron chi connectivity index (χ3n) is 4.25. The molecule has 3 rings (SSSR count). The van der Waals surface area contributed by atoms with Crippen LogP contribution in [0.1, 0.15) is 11.1 Å². The monoisotopic (exact) mass is 448 g/mol. The Morgan fingerprint density at radius 1 is 0.909 bits per heavy atom. The molecule has 8 nitrogen and oxygen atoms in total. The van der Waals surface area contributed by atoms with Crippen LogP contribution in [0.15, 0.2) is 77.9 Å². The zero-order chi connectivity index (χ0) is 23.6. The third kappa shape index (κ3) is 7.59. The normalized spacial score (nSPS) is 10.5. The zero-order valence-corrected chi connectivity index (χ0v) is 17.7. The molecule has 0 fully saturated rings. The molecule has 0 spiro atoms. The maximum absolute atomic E-state index is 12.9. The van der Waals surface area contributed by atoms with Crippen LogP contribution in [0.4, 0.5) is 15.8 Å². The minimum atomic E-state index is -0.990. The summed E-state index contributed by atoms with van der Waals surface area (Å²) in [5, 5.41) is 8.80. The first kappa shape index (κ1) is 23.1. The molecule has 0 aliphatic rings. The van der Waals surface area contributed by atoms with Crippen LogP contribution >= 0.6 is 0 Å². The number of nitrogens with one attached hydrogen (secondary N) is 3. The second-order valence-corrected chi connectivity index (χ2v) is 6.94. The first-order chi connectivity index (χ1) is 15.9. The molecular formula is C24H21FN4O4. The van der Waals surface area contributed by atoms with Gasteiger partial charge in [-0.25, -0.2) is 9.82 Å². The van der Waals surface area contributed by atoms with Gasteiger partial charge >= 0.3 is 11.8 Å². The second-order valence-electron chi connectivity index (χ2n) is 6.94. The molecule has 3 N–H and O–H groups in total. The lowest BCUT2D eigenvalue weighted by molar-refractivity contribution is -0.136. The van der Waals surface area contributed by atoms with Crippen molar-refractivity contribution < 1.29 is 23.5 Å². The van der Waals surface area contributed by atoms with E-state index in [-0.39, 0.29) is 18.2 Å². The van der Waals surface area contributed by atoms with Crippen molar-refractivity contribution in [1.82, 2.24) is 5.43 Å². The van der Waals surface area contributed by atoms with Crippen molar-refractivity contribution in [3.8, 4) is 5.75 Å². The number of halogens is 1. The van der Waals surface area contributed by atoms with Gasteiger partial charge in [-0.15, -0.1) is 0 Å². The van der Waals surface area contributed by atoms with Crippen molar-refractivity contribution in [2.75, 3.05) is 17.2 Å². The molecule has 0 unspecified atom stereocenters. The van der Waals surface area contributed by atoms with Gasteiger partial charge in [-0.1, -0.05) is 29.8 Å². The van der Waals surface area contributed by atoms with Crippen LogP contribution in [-0.2, 0) is 14.4 Å². The molecule has 9 heteroatoms. The average Bonchev–Trinajstić information content (AvgIpc) is 2.81. The number of nitrogens with zero attached hydrogens (tertiary/aromatic N) is 1. The molecule has 0 aliphatic carbocycles. The van der Waals surface area contributed by atoms with E-state index in [1.165, 1.54) is 18.3 Å². The summed E-state index contributed by atoms with van der Waals surface area (Å²) in [6.45, 7) is 1.77. The van der Waals surface area contributed by atoms with E-state index in [1.54, 1.807) is 36.4 Å². The smallest absolute Gasteiger partial charge is 0.329 e. The van der Waals surface area contributed by atoms with Crippen LogP contribution in [0.3, 0.4) is 0 Å². The number of amides is 3. The molecule has 0 saturated carbocycles. The number of carbonyl (C=O) groups excluding carboxylic acids is 3. The molecule has 0 saturated heterocycles. The molecule has 3 aromatic carbocycles. The SMILES string of the molecule is Cc1ccc(NC(=O)COc2cccc(/C=N\NC(=O)C(=O)Nc3ccc(F)cc3)c2)cc1. The Labute approximate surface area is 189 Å². The number of benzene rings is 3. The van der Waals surface area contributed by atoms with Crippen molar-refractivity contribution in [2.45, 2.75) is 6.92 Å². The van der Waals surface area contributed by atoms with Crippen molar-refractivity contribution in [2.24, 2.45) is 5.10 Å². The first-order valence-electron chi connectivity index (χ1n) is 9.88. The van der Waals surface area contributed by atoms with Gasteiger partial charge in [0.15, 0.2) is 6.61 Å². The van der Waals surface area contributed by atoms with Gasteiger partial charge in [0, 0.05) is 11.4 Å². The highest BCUT2D eigenvalue weighted by atomic mass is 19.1. The van der Waals surface area contributed by atoms with E-state index >= 15 is 0 Å². The van der Waals surface area contributed by atoms with Crippen LogP contribution < -0.4 is 20.8 Å². The van der Waals surface area contributed by atoms with Gasteiger partial charge in [0.1, 0.15) is 11.6 Å². The Balaban J connectivity index is 1.47. The summed E-state index contributed by atoms with van der Waals surface area (Å²) in [5.74, 6) is -2.28. The van der Waals surface area contributed by atoms with Gasteiger partial charge in [-0.3, -0.25) is 14.4 Å². The molecule has 168 valence electrons.